The summed E-state index contributed by atoms with van der Waals surface area (Å²) >= 11 is 3.42. The summed E-state index contributed by atoms with van der Waals surface area (Å²) in [6.07, 6.45) is -1.16. The van der Waals surface area contributed by atoms with Gasteiger partial charge in [-0.1, -0.05) is 34.1 Å². The van der Waals surface area contributed by atoms with Crippen molar-refractivity contribution in [2.24, 2.45) is 0 Å². The van der Waals surface area contributed by atoms with Gasteiger partial charge in [-0.3, -0.25) is 4.79 Å². The Hall–Kier alpha value is -2.28. The summed E-state index contributed by atoms with van der Waals surface area (Å²) in [5.74, 6) is 0. The van der Waals surface area contributed by atoms with Crippen LogP contribution in [0.2, 0.25) is 0 Å². The molecule has 2 aromatic carbocycles. The van der Waals surface area contributed by atoms with Crippen LogP contribution >= 0.6 is 15.9 Å². The van der Waals surface area contributed by atoms with E-state index in [-0.39, 0.29) is 0 Å². The zero-order valence-corrected chi connectivity index (χ0v) is 15.2. The van der Waals surface area contributed by atoms with E-state index < -0.39 is 17.8 Å². The Bertz CT molecular complexity index is 847. The number of carbonyl (C=O) groups excluding carboxylic acids is 1. The Morgan fingerprint density at radius 2 is 1.85 bits per heavy atom. The second kappa shape index (κ2) is 7.15. The Kier molecular flexibility index (Phi) is 5.09. The number of hydrogen-bond donors (Lipinski definition) is 1. The summed E-state index contributed by atoms with van der Waals surface area (Å²) in [4.78, 5) is 13.0. The van der Waals surface area contributed by atoms with Crippen molar-refractivity contribution in [1.82, 2.24) is 4.90 Å². The molecular weight excluding hydrogens is 409 g/mol. The Labute approximate surface area is 157 Å². The van der Waals surface area contributed by atoms with Gasteiger partial charge in [-0.15, -0.1) is 0 Å². The van der Waals surface area contributed by atoms with Crippen molar-refractivity contribution in [3.05, 3.63) is 69.7 Å². The fourth-order valence-corrected chi connectivity index (χ4v) is 3.43. The average Bonchev–Trinajstić information content (AvgIpc) is 2.62. The van der Waals surface area contributed by atoms with Gasteiger partial charge >= 0.3 is 6.18 Å². The van der Waals surface area contributed by atoms with Crippen LogP contribution in [-0.2, 0) is 11.0 Å². The van der Waals surface area contributed by atoms with Gasteiger partial charge in [-0.25, -0.2) is 0 Å². The number of hydrogen-bond acceptors (Lipinski definition) is 2. The zero-order valence-electron chi connectivity index (χ0n) is 13.6. The molecule has 2 aromatic rings. The molecule has 1 atom stereocenters. The lowest BCUT2D eigenvalue weighted by molar-refractivity contribution is -0.137. The molecule has 0 bridgehead atoms. The second-order valence-electron chi connectivity index (χ2n) is 6.08. The first kappa shape index (κ1) is 18.5. The minimum absolute atomic E-state index is 0.433. The molecule has 26 heavy (non-hydrogen) atoms. The van der Waals surface area contributed by atoms with Crippen molar-refractivity contribution < 1.29 is 18.0 Å². The minimum atomic E-state index is -4.39. The van der Waals surface area contributed by atoms with Gasteiger partial charge in [0.1, 0.15) is 0 Å². The maximum absolute atomic E-state index is 12.8. The van der Waals surface area contributed by atoms with Crippen LogP contribution in [-0.4, -0.2) is 17.9 Å². The van der Waals surface area contributed by atoms with Crippen molar-refractivity contribution in [3.8, 4) is 0 Å². The number of anilines is 1. The molecule has 3 nitrogen and oxygen atoms in total. The van der Waals surface area contributed by atoms with E-state index in [0.29, 0.717) is 24.2 Å². The van der Waals surface area contributed by atoms with Crippen LogP contribution in [0.5, 0.6) is 0 Å². The predicted molar refractivity (Wildman–Crippen MR) is 98.1 cm³/mol. The number of amides is 1. The molecule has 1 aliphatic heterocycles. The maximum atomic E-state index is 12.8. The molecule has 7 heteroatoms. The summed E-state index contributed by atoms with van der Waals surface area (Å²) in [7, 11) is 0. The van der Waals surface area contributed by atoms with Crippen molar-refractivity contribution in [3.63, 3.8) is 0 Å². The van der Waals surface area contributed by atoms with Crippen LogP contribution in [0, 0.1) is 0 Å². The third-order valence-electron chi connectivity index (χ3n) is 4.43. The van der Waals surface area contributed by atoms with Crippen molar-refractivity contribution >= 4 is 33.6 Å². The van der Waals surface area contributed by atoms with E-state index in [4.69, 9.17) is 5.73 Å². The van der Waals surface area contributed by atoms with Gasteiger partial charge in [0, 0.05) is 22.3 Å². The molecule has 2 N–H and O–H groups in total. The topological polar surface area (TPSA) is 46.3 Å². The summed E-state index contributed by atoms with van der Waals surface area (Å²) in [5, 5.41) is 0. The highest BCUT2D eigenvalue weighted by molar-refractivity contribution is 9.10. The molecule has 3 rings (SSSR count). The number of alkyl halides is 3. The first-order valence-corrected chi connectivity index (χ1v) is 8.73. The van der Waals surface area contributed by atoms with Gasteiger partial charge in [0.15, 0.2) is 0 Å². The van der Waals surface area contributed by atoms with E-state index >= 15 is 0 Å². The molecule has 0 aromatic heterocycles. The summed E-state index contributed by atoms with van der Waals surface area (Å²) in [6, 6.07) is 9.99. The Morgan fingerprint density at radius 3 is 2.46 bits per heavy atom. The lowest BCUT2D eigenvalue weighted by Crippen LogP contribution is -2.31. The molecule has 0 radical (unpaired) electrons. The average molecular weight is 425 g/mol. The number of halogens is 4. The van der Waals surface area contributed by atoms with Crippen molar-refractivity contribution in [2.45, 2.75) is 18.6 Å². The van der Waals surface area contributed by atoms with Gasteiger partial charge in [-0.2, -0.15) is 13.2 Å². The highest BCUT2D eigenvalue weighted by Gasteiger charge is 2.31. The number of nitrogens with zero attached hydrogens (tertiary/aromatic N) is 1. The highest BCUT2D eigenvalue weighted by Crippen LogP contribution is 2.37. The largest absolute Gasteiger partial charge is 0.416 e. The number of benzene rings is 2. The van der Waals surface area contributed by atoms with Gasteiger partial charge in [0.2, 0.25) is 6.41 Å². The Morgan fingerprint density at radius 1 is 1.15 bits per heavy atom. The van der Waals surface area contributed by atoms with Crippen LogP contribution in [0.1, 0.15) is 29.2 Å². The van der Waals surface area contributed by atoms with Crippen molar-refractivity contribution in [1.29, 1.82) is 0 Å². The molecular formula is C19H16BrF3N2O. The number of rotatable bonds is 3. The van der Waals surface area contributed by atoms with Gasteiger partial charge in [0.25, 0.3) is 0 Å². The van der Waals surface area contributed by atoms with Crippen LogP contribution in [0.4, 0.5) is 18.9 Å². The fourth-order valence-electron chi connectivity index (χ4n) is 3.06. The smallest absolute Gasteiger partial charge is 0.398 e. The summed E-state index contributed by atoms with van der Waals surface area (Å²) < 4.78 is 39.2. The minimum Gasteiger partial charge on any atom is -0.398 e. The molecule has 1 unspecified atom stereocenters. The third kappa shape index (κ3) is 3.77. The lowest BCUT2D eigenvalue weighted by Gasteiger charge is -2.32. The molecule has 1 heterocycles. The normalized spacial score (nSPS) is 17.8. The molecule has 0 aliphatic carbocycles. The summed E-state index contributed by atoms with van der Waals surface area (Å²) in [5.41, 5.74) is 8.42. The first-order chi connectivity index (χ1) is 12.3. The standard InChI is InChI=1S/C19H16BrF3N2O/c20-15-5-6-17(24)16(10-15)13-7-8-25(11-26)18(9-13)12-1-3-14(4-2-12)19(21,22)23/h1-6,9-11,18H,7-8,24H2. The molecule has 0 fully saturated rings. The SMILES string of the molecule is Nc1ccc(Br)cc1C1=CC(c2ccc(C(F)(F)F)cc2)N(C=O)CC1. The number of carbonyl (C=O) groups is 1. The van der Waals surface area contributed by atoms with Crippen LogP contribution in [0.15, 0.2) is 53.0 Å². The summed E-state index contributed by atoms with van der Waals surface area (Å²) in [6.45, 7) is 0.465. The second-order valence-corrected chi connectivity index (χ2v) is 7.00. The lowest BCUT2D eigenvalue weighted by atomic mass is 9.91. The molecule has 0 saturated carbocycles. The molecule has 136 valence electrons. The monoisotopic (exact) mass is 424 g/mol. The number of nitrogens with two attached hydrogens (primary N) is 1. The third-order valence-corrected chi connectivity index (χ3v) is 4.93. The van der Waals surface area contributed by atoms with Crippen LogP contribution < -0.4 is 5.73 Å². The highest BCUT2D eigenvalue weighted by atomic mass is 79.9. The van der Waals surface area contributed by atoms with E-state index in [1.54, 1.807) is 11.0 Å². The molecule has 1 aliphatic rings. The van der Waals surface area contributed by atoms with E-state index in [1.807, 2.05) is 18.2 Å². The van der Waals surface area contributed by atoms with Gasteiger partial charge in [0.05, 0.1) is 11.6 Å². The van der Waals surface area contributed by atoms with Crippen molar-refractivity contribution in [2.75, 3.05) is 12.3 Å². The molecule has 0 saturated heterocycles. The Balaban J connectivity index is 2.00. The van der Waals surface area contributed by atoms with Crippen LogP contribution in [0.25, 0.3) is 5.57 Å². The van der Waals surface area contributed by atoms with E-state index in [0.717, 1.165) is 34.2 Å². The van der Waals surface area contributed by atoms with E-state index in [2.05, 4.69) is 15.9 Å². The predicted octanol–water partition coefficient (Wildman–Crippen LogP) is 5.04. The zero-order chi connectivity index (χ0) is 18.9. The maximum Gasteiger partial charge on any atom is 0.416 e. The molecule has 1 amide bonds. The molecule has 0 spiro atoms. The van der Waals surface area contributed by atoms with E-state index in [9.17, 15) is 18.0 Å². The van der Waals surface area contributed by atoms with Gasteiger partial charge in [-0.05, 0) is 47.9 Å². The van der Waals surface area contributed by atoms with Gasteiger partial charge < -0.3 is 10.6 Å². The van der Waals surface area contributed by atoms with E-state index in [1.165, 1.54) is 12.1 Å². The van der Waals surface area contributed by atoms with Crippen LogP contribution in [0.3, 0.4) is 0 Å². The fraction of sp³-hybridized carbons (Fsp3) is 0.211. The first-order valence-electron chi connectivity index (χ1n) is 7.94. The quantitative estimate of drug-likeness (QED) is 0.554. The number of nitrogen functional groups attached to an aromatic ring is 1.